The number of carbonyl (C=O) groups excluding carboxylic acids is 1. The number of aliphatic carboxylic acids is 1. The van der Waals surface area contributed by atoms with Crippen LogP contribution < -0.4 is 5.32 Å². The quantitative estimate of drug-likeness (QED) is 0.618. The van der Waals surface area contributed by atoms with Crippen LogP contribution in [0.4, 0.5) is 0 Å². The molecule has 6 nitrogen and oxygen atoms in total. The number of nitrogens with one attached hydrogen (secondary N) is 1. The van der Waals surface area contributed by atoms with E-state index in [1.807, 2.05) is 0 Å². The number of methoxy groups -OCH3 is 1. The highest BCUT2D eigenvalue weighted by Crippen LogP contribution is 2.25. The van der Waals surface area contributed by atoms with E-state index < -0.39 is 5.97 Å². The van der Waals surface area contributed by atoms with Gasteiger partial charge in [0.2, 0.25) is 5.91 Å². The largest absolute Gasteiger partial charge is 0.481 e. The van der Waals surface area contributed by atoms with E-state index in [1.165, 1.54) is 0 Å². The van der Waals surface area contributed by atoms with Gasteiger partial charge in [-0.15, -0.1) is 0 Å². The highest BCUT2D eigenvalue weighted by molar-refractivity contribution is 5.78. The van der Waals surface area contributed by atoms with Gasteiger partial charge in [0, 0.05) is 13.2 Å². The van der Waals surface area contributed by atoms with Crippen LogP contribution in [0.3, 0.4) is 0 Å². The van der Waals surface area contributed by atoms with Gasteiger partial charge in [0.1, 0.15) is 6.61 Å². The monoisotopic (exact) mass is 245 g/mol. The number of ether oxygens (including phenoxy) is 2. The topological polar surface area (TPSA) is 84.9 Å². The molecular weight excluding hydrogens is 226 g/mol. The lowest BCUT2D eigenvalue weighted by atomic mass is 10.1. The third kappa shape index (κ3) is 5.14. The van der Waals surface area contributed by atoms with Crippen LogP contribution in [0.15, 0.2) is 0 Å². The number of carboxylic acids is 1. The number of carbonyl (C=O) groups is 2. The molecule has 1 amide bonds. The lowest BCUT2D eigenvalue weighted by Crippen LogP contribution is -2.36. The minimum atomic E-state index is -0.780. The third-order valence-electron chi connectivity index (χ3n) is 2.81. The average molecular weight is 245 g/mol. The molecule has 1 aliphatic carbocycles. The molecule has 0 aromatic heterocycles. The fraction of sp³-hybridized carbons (Fsp3) is 0.818. The van der Waals surface area contributed by atoms with Crippen LogP contribution in [-0.4, -0.2) is 50.0 Å². The average Bonchev–Trinajstić information content (AvgIpc) is 2.73. The number of amides is 1. The van der Waals surface area contributed by atoms with Crippen LogP contribution >= 0.6 is 0 Å². The Labute approximate surface area is 100 Å². The Balaban J connectivity index is 2.13. The summed E-state index contributed by atoms with van der Waals surface area (Å²) in [7, 11) is 1.56. The van der Waals surface area contributed by atoms with E-state index >= 15 is 0 Å². The number of hydrogen-bond acceptors (Lipinski definition) is 4. The van der Waals surface area contributed by atoms with Crippen molar-refractivity contribution in [3.8, 4) is 0 Å². The molecule has 0 spiro atoms. The van der Waals surface area contributed by atoms with Crippen molar-refractivity contribution in [2.75, 3.05) is 26.9 Å². The Kier molecular flexibility index (Phi) is 5.93. The molecule has 1 aliphatic rings. The van der Waals surface area contributed by atoms with E-state index in [-0.39, 0.29) is 24.5 Å². The van der Waals surface area contributed by atoms with Gasteiger partial charge < -0.3 is 19.9 Å². The van der Waals surface area contributed by atoms with E-state index in [9.17, 15) is 9.59 Å². The van der Waals surface area contributed by atoms with Crippen LogP contribution in [-0.2, 0) is 19.1 Å². The molecule has 0 bridgehead atoms. The molecule has 0 aliphatic heterocycles. The first kappa shape index (κ1) is 13.9. The normalized spacial score (nSPS) is 23.6. The molecule has 17 heavy (non-hydrogen) atoms. The summed E-state index contributed by atoms with van der Waals surface area (Å²) in [6.45, 7) is 0.835. The Morgan fingerprint density at radius 3 is 2.71 bits per heavy atom. The van der Waals surface area contributed by atoms with Gasteiger partial charge in [0.25, 0.3) is 0 Å². The molecule has 98 valence electrons. The summed E-state index contributed by atoms with van der Waals surface area (Å²) in [5, 5.41) is 11.6. The third-order valence-corrected chi connectivity index (χ3v) is 2.81. The van der Waals surface area contributed by atoms with E-state index in [0.29, 0.717) is 26.1 Å². The van der Waals surface area contributed by atoms with E-state index in [2.05, 4.69) is 5.32 Å². The zero-order valence-electron chi connectivity index (χ0n) is 9.98. The maximum atomic E-state index is 11.4. The summed E-state index contributed by atoms with van der Waals surface area (Å²) in [6.07, 6.45) is 1.87. The summed E-state index contributed by atoms with van der Waals surface area (Å²) in [6, 6.07) is -0.0328. The summed E-state index contributed by atoms with van der Waals surface area (Å²) in [5.74, 6) is -1.30. The molecule has 0 aromatic rings. The highest BCUT2D eigenvalue weighted by Gasteiger charge is 2.30. The molecule has 1 saturated carbocycles. The van der Waals surface area contributed by atoms with Crippen LogP contribution in [0.25, 0.3) is 0 Å². The fourth-order valence-corrected chi connectivity index (χ4v) is 1.91. The standard InChI is InChI=1S/C11H19NO5/c1-16-4-5-17-7-10(13)12-9-3-2-8(6-9)11(14)15/h8-9H,2-7H2,1H3,(H,12,13)(H,14,15). The second-order valence-corrected chi connectivity index (χ2v) is 4.16. The first-order valence-electron chi connectivity index (χ1n) is 5.72. The predicted molar refractivity (Wildman–Crippen MR) is 59.6 cm³/mol. The Morgan fingerprint density at radius 2 is 2.12 bits per heavy atom. The lowest BCUT2D eigenvalue weighted by molar-refractivity contribution is -0.141. The molecule has 1 rings (SSSR count). The smallest absolute Gasteiger partial charge is 0.306 e. The molecular formula is C11H19NO5. The molecule has 1 fully saturated rings. The first-order chi connectivity index (χ1) is 8.13. The van der Waals surface area contributed by atoms with Crippen molar-refractivity contribution in [2.45, 2.75) is 25.3 Å². The van der Waals surface area contributed by atoms with Gasteiger partial charge in [-0.25, -0.2) is 0 Å². The molecule has 2 N–H and O–H groups in total. The van der Waals surface area contributed by atoms with Gasteiger partial charge in [0.15, 0.2) is 0 Å². The molecule has 0 aromatic carbocycles. The summed E-state index contributed by atoms with van der Waals surface area (Å²) < 4.78 is 9.84. The maximum Gasteiger partial charge on any atom is 0.306 e. The Bertz CT molecular complexity index is 269. The second kappa shape index (κ2) is 7.24. The van der Waals surface area contributed by atoms with Crippen molar-refractivity contribution in [3.63, 3.8) is 0 Å². The summed E-state index contributed by atoms with van der Waals surface area (Å²) >= 11 is 0. The van der Waals surface area contributed by atoms with Gasteiger partial charge >= 0.3 is 5.97 Å². The van der Waals surface area contributed by atoms with Gasteiger partial charge in [0.05, 0.1) is 19.1 Å². The van der Waals surface area contributed by atoms with E-state index in [1.54, 1.807) is 7.11 Å². The Hall–Kier alpha value is -1.14. The van der Waals surface area contributed by atoms with Crippen molar-refractivity contribution in [3.05, 3.63) is 0 Å². The molecule has 6 heteroatoms. The number of hydrogen-bond donors (Lipinski definition) is 2. The van der Waals surface area contributed by atoms with Crippen molar-refractivity contribution in [1.82, 2.24) is 5.32 Å². The van der Waals surface area contributed by atoms with Gasteiger partial charge in [-0.3, -0.25) is 9.59 Å². The number of carboxylic acid groups (broad SMARTS) is 1. The summed E-state index contributed by atoms with van der Waals surface area (Å²) in [4.78, 5) is 22.1. The van der Waals surface area contributed by atoms with Crippen LogP contribution in [0.1, 0.15) is 19.3 Å². The molecule has 0 heterocycles. The molecule has 0 radical (unpaired) electrons. The maximum absolute atomic E-state index is 11.4. The van der Waals surface area contributed by atoms with Crippen LogP contribution in [0.5, 0.6) is 0 Å². The fourth-order valence-electron chi connectivity index (χ4n) is 1.91. The van der Waals surface area contributed by atoms with Crippen molar-refractivity contribution >= 4 is 11.9 Å². The van der Waals surface area contributed by atoms with Crippen molar-refractivity contribution in [2.24, 2.45) is 5.92 Å². The zero-order valence-corrected chi connectivity index (χ0v) is 9.98. The van der Waals surface area contributed by atoms with Gasteiger partial charge in [-0.05, 0) is 19.3 Å². The molecule has 0 saturated heterocycles. The van der Waals surface area contributed by atoms with Gasteiger partial charge in [-0.2, -0.15) is 0 Å². The molecule has 2 atom stereocenters. The SMILES string of the molecule is COCCOCC(=O)NC1CCC(C(=O)O)C1. The van der Waals surface area contributed by atoms with E-state index in [4.69, 9.17) is 14.6 Å². The van der Waals surface area contributed by atoms with Gasteiger partial charge in [-0.1, -0.05) is 0 Å². The van der Waals surface area contributed by atoms with Crippen LogP contribution in [0, 0.1) is 5.92 Å². The van der Waals surface area contributed by atoms with Crippen molar-refractivity contribution < 1.29 is 24.2 Å². The second-order valence-electron chi connectivity index (χ2n) is 4.16. The minimum absolute atomic E-state index is 0.00238. The first-order valence-corrected chi connectivity index (χ1v) is 5.72. The van der Waals surface area contributed by atoms with Crippen LogP contribution in [0.2, 0.25) is 0 Å². The zero-order chi connectivity index (χ0) is 12.7. The van der Waals surface area contributed by atoms with Crippen molar-refractivity contribution in [1.29, 1.82) is 0 Å². The predicted octanol–water partition coefficient (Wildman–Crippen LogP) is 0.0189. The summed E-state index contributed by atoms with van der Waals surface area (Å²) in [5.41, 5.74) is 0. The minimum Gasteiger partial charge on any atom is -0.481 e. The Morgan fingerprint density at radius 1 is 1.35 bits per heavy atom. The van der Waals surface area contributed by atoms with E-state index in [0.717, 1.165) is 6.42 Å². The molecule has 2 unspecified atom stereocenters. The number of rotatable bonds is 7. The highest BCUT2D eigenvalue weighted by atomic mass is 16.5. The lowest BCUT2D eigenvalue weighted by Gasteiger charge is -2.12.